The van der Waals surface area contributed by atoms with Gasteiger partial charge in [-0.15, -0.1) is 0 Å². The van der Waals surface area contributed by atoms with E-state index in [0.717, 1.165) is 180 Å². The van der Waals surface area contributed by atoms with E-state index in [-0.39, 0.29) is 25.7 Å². The van der Waals surface area contributed by atoms with E-state index in [2.05, 4.69) is 198 Å². The zero-order valence-corrected chi connectivity index (χ0v) is 63.3. The minimum atomic E-state index is -5.00. The number of unbranched alkanes of at least 4 members (excludes halogenated alkanes) is 14. The van der Waals surface area contributed by atoms with Crippen LogP contribution in [-0.4, -0.2) is 96.7 Å². The molecule has 4 atom stereocenters. The maximum absolute atomic E-state index is 13.1. The van der Waals surface area contributed by atoms with Gasteiger partial charge in [-0.3, -0.25) is 37.3 Å². The van der Waals surface area contributed by atoms with Crippen LogP contribution in [0.2, 0.25) is 0 Å². The number of allylic oxidation sites excluding steroid dienone is 28. The van der Waals surface area contributed by atoms with Crippen molar-refractivity contribution < 1.29 is 80.2 Å². The SMILES string of the molecule is CC/C=C\C/C=C\C/C=C\C/C=C\CCCCC(=O)OCC(COP(=O)(O)OCC(O)COP(=O)(O)OCC(COC(=O)CCCC/C=C\C/C=C\C/C=C\C/C=C\CC)OC(=O)CCCCCCC/C=C\C/C=C\C/C=C\CC)OC(=O)CCCCCCC/C=C\C/C=C\C/C=C\CC. The highest BCUT2D eigenvalue weighted by atomic mass is 31.2. The highest BCUT2D eigenvalue weighted by molar-refractivity contribution is 7.47. The summed E-state index contributed by atoms with van der Waals surface area (Å²) in [4.78, 5) is 72.8. The van der Waals surface area contributed by atoms with E-state index in [4.69, 9.17) is 37.0 Å². The molecule has 0 saturated carbocycles. The molecule has 566 valence electrons. The van der Waals surface area contributed by atoms with E-state index in [1.54, 1.807) is 0 Å². The average Bonchev–Trinajstić information content (AvgIpc) is 1.01. The van der Waals surface area contributed by atoms with Gasteiger partial charge in [-0.25, -0.2) is 9.13 Å². The molecule has 0 aliphatic carbocycles. The Hall–Kier alpha value is -5.58. The van der Waals surface area contributed by atoms with Gasteiger partial charge in [0, 0.05) is 25.7 Å². The van der Waals surface area contributed by atoms with Crippen molar-refractivity contribution in [3.63, 3.8) is 0 Å². The van der Waals surface area contributed by atoms with E-state index in [9.17, 15) is 43.2 Å². The van der Waals surface area contributed by atoms with Gasteiger partial charge < -0.3 is 33.8 Å². The number of hydrogen-bond donors (Lipinski definition) is 3. The third-order valence-corrected chi connectivity index (χ3v) is 16.6. The number of ether oxygens (including phenoxy) is 4. The molecule has 3 N–H and O–H groups in total. The number of esters is 4. The maximum atomic E-state index is 13.1. The largest absolute Gasteiger partial charge is 0.472 e. The number of hydrogen-bond acceptors (Lipinski definition) is 15. The molecule has 0 radical (unpaired) electrons. The van der Waals surface area contributed by atoms with Gasteiger partial charge in [-0.05, 0) is 167 Å². The Balaban J connectivity index is 5.48. The summed E-state index contributed by atoms with van der Waals surface area (Å²) in [7, 11) is -10.00. The van der Waals surface area contributed by atoms with Gasteiger partial charge in [0.25, 0.3) is 0 Å². The lowest BCUT2D eigenvalue weighted by atomic mass is 10.1. The van der Waals surface area contributed by atoms with Crippen molar-refractivity contribution >= 4 is 39.5 Å². The lowest BCUT2D eigenvalue weighted by Gasteiger charge is -2.21. The molecule has 0 amide bonds. The van der Waals surface area contributed by atoms with Gasteiger partial charge in [-0.2, -0.15) is 0 Å². The Kier molecular flexibility index (Phi) is 67.8. The molecule has 0 bridgehead atoms. The molecule has 0 fully saturated rings. The molecular weight excluding hydrogens is 1310 g/mol. The van der Waals surface area contributed by atoms with Gasteiger partial charge in [0.1, 0.15) is 19.3 Å². The first-order chi connectivity index (χ1) is 48.7. The number of carbonyl (C=O) groups excluding carboxylic acids is 4. The minimum absolute atomic E-state index is 0.0588. The van der Waals surface area contributed by atoms with E-state index >= 15 is 0 Å². The smallest absolute Gasteiger partial charge is 0.462 e. The first kappa shape index (κ1) is 94.4. The van der Waals surface area contributed by atoms with Crippen LogP contribution in [0, 0.1) is 0 Å². The Morgan fingerprint density at radius 1 is 0.280 bits per heavy atom. The molecule has 0 rings (SSSR count). The summed E-state index contributed by atoms with van der Waals surface area (Å²) in [5.74, 6) is -2.33. The van der Waals surface area contributed by atoms with Crippen molar-refractivity contribution in [3.05, 3.63) is 170 Å². The van der Waals surface area contributed by atoms with Crippen LogP contribution in [0.4, 0.5) is 0 Å². The molecule has 0 saturated heterocycles. The Labute approximate surface area is 603 Å². The minimum Gasteiger partial charge on any atom is -0.462 e. The standard InChI is InChI=1S/C81H130O17P2/c1-5-9-13-17-21-25-29-33-37-41-45-49-53-57-61-65-78(83)91-71-76(97-80(85)67-63-59-55-51-47-43-39-35-31-27-23-19-15-11-7-3)73-95-99(87,88)93-69-75(82)70-94-100(89,90)96-74-77(98-81(86)68-64-60-56-52-48-44-40-36-32-28-24-20-16-12-8-4)72-92-79(84)66-62-58-54-50-46-42-38-34-30-26-22-18-14-10-6-2/h9-16,21-28,33-40,45-46,49-50,75-77,82H,5-8,17-20,29-32,41-44,47-48,51-74H2,1-4H3,(H,87,88)(H,89,90)/b13-9-,14-10-,15-11-,16-12-,25-21-,26-22-,27-23-,28-24-,37-33-,38-34-,39-35-,40-36-,49-45-,50-46-. The van der Waals surface area contributed by atoms with Gasteiger partial charge in [0.05, 0.1) is 26.4 Å². The van der Waals surface area contributed by atoms with Crippen LogP contribution in [0.3, 0.4) is 0 Å². The predicted molar refractivity (Wildman–Crippen MR) is 408 cm³/mol. The fourth-order valence-corrected chi connectivity index (χ4v) is 10.7. The quantitative estimate of drug-likeness (QED) is 0.0169. The average molecular weight is 1440 g/mol. The van der Waals surface area contributed by atoms with Crippen LogP contribution in [0.1, 0.15) is 259 Å². The van der Waals surface area contributed by atoms with E-state index in [1.165, 1.54) is 0 Å². The molecule has 0 aliphatic heterocycles. The second kappa shape index (κ2) is 71.8. The zero-order valence-electron chi connectivity index (χ0n) is 61.5. The van der Waals surface area contributed by atoms with Crippen molar-refractivity contribution in [2.45, 2.75) is 277 Å². The third-order valence-electron chi connectivity index (χ3n) is 14.7. The van der Waals surface area contributed by atoms with Gasteiger partial charge in [-0.1, -0.05) is 236 Å². The van der Waals surface area contributed by atoms with Crippen molar-refractivity contribution in [1.82, 2.24) is 0 Å². The highest BCUT2D eigenvalue weighted by Gasteiger charge is 2.30. The molecule has 100 heavy (non-hydrogen) atoms. The summed E-state index contributed by atoms with van der Waals surface area (Å²) in [5, 5.41) is 10.6. The van der Waals surface area contributed by atoms with Crippen LogP contribution >= 0.6 is 15.6 Å². The topological polar surface area (TPSA) is 237 Å². The van der Waals surface area contributed by atoms with Crippen LogP contribution in [-0.2, 0) is 65.4 Å². The lowest BCUT2D eigenvalue weighted by molar-refractivity contribution is -0.161. The molecule has 0 spiro atoms. The summed E-state index contributed by atoms with van der Waals surface area (Å²) in [6.07, 6.45) is 83.6. The van der Waals surface area contributed by atoms with Crippen LogP contribution in [0.15, 0.2) is 170 Å². The zero-order chi connectivity index (χ0) is 73.2. The van der Waals surface area contributed by atoms with E-state index in [0.29, 0.717) is 25.7 Å². The molecular formula is C81H130O17P2. The molecule has 0 aliphatic rings. The first-order valence-corrected chi connectivity index (χ1v) is 40.4. The molecule has 0 aromatic heterocycles. The van der Waals surface area contributed by atoms with Gasteiger partial charge >= 0.3 is 39.5 Å². The van der Waals surface area contributed by atoms with Crippen molar-refractivity contribution in [3.8, 4) is 0 Å². The molecule has 0 aromatic carbocycles. The third kappa shape index (κ3) is 70.8. The van der Waals surface area contributed by atoms with Crippen LogP contribution < -0.4 is 0 Å². The Bertz CT molecular complexity index is 2400. The number of carbonyl (C=O) groups is 4. The number of phosphoric acid groups is 2. The number of aliphatic hydroxyl groups is 1. The van der Waals surface area contributed by atoms with Crippen LogP contribution in [0.5, 0.6) is 0 Å². The molecule has 17 nitrogen and oxygen atoms in total. The van der Waals surface area contributed by atoms with Gasteiger partial charge in [0.2, 0.25) is 0 Å². The predicted octanol–water partition coefficient (Wildman–Crippen LogP) is 21.4. The second-order valence-corrected chi connectivity index (χ2v) is 27.0. The molecule has 19 heteroatoms. The van der Waals surface area contributed by atoms with E-state index in [1.807, 2.05) is 0 Å². The summed E-state index contributed by atoms with van der Waals surface area (Å²) in [6.45, 7) is 4.25. The van der Waals surface area contributed by atoms with Crippen LogP contribution in [0.25, 0.3) is 0 Å². The van der Waals surface area contributed by atoms with Gasteiger partial charge in [0.15, 0.2) is 12.2 Å². The fourth-order valence-electron chi connectivity index (χ4n) is 9.11. The first-order valence-electron chi connectivity index (χ1n) is 37.4. The Morgan fingerprint density at radius 2 is 0.490 bits per heavy atom. The Morgan fingerprint density at radius 3 is 0.770 bits per heavy atom. The summed E-state index contributed by atoms with van der Waals surface area (Å²) in [5.41, 5.74) is 0. The number of aliphatic hydroxyl groups excluding tert-OH is 1. The van der Waals surface area contributed by atoms with E-state index < -0.39 is 97.5 Å². The summed E-state index contributed by atoms with van der Waals surface area (Å²) < 4.78 is 68.3. The van der Waals surface area contributed by atoms with Crippen molar-refractivity contribution in [2.75, 3.05) is 39.6 Å². The van der Waals surface area contributed by atoms with Crippen molar-refractivity contribution in [2.24, 2.45) is 0 Å². The summed E-state index contributed by atoms with van der Waals surface area (Å²) in [6, 6.07) is 0. The maximum Gasteiger partial charge on any atom is 0.472 e. The summed E-state index contributed by atoms with van der Waals surface area (Å²) >= 11 is 0. The highest BCUT2D eigenvalue weighted by Crippen LogP contribution is 2.45. The monoisotopic (exact) mass is 1440 g/mol. The lowest BCUT2D eigenvalue weighted by Crippen LogP contribution is -2.30. The number of rotatable bonds is 68. The molecule has 0 aromatic rings. The fraction of sp³-hybridized carbons (Fsp3) is 0.605. The van der Waals surface area contributed by atoms with Crippen molar-refractivity contribution in [1.29, 1.82) is 0 Å². The second-order valence-electron chi connectivity index (χ2n) is 24.1. The molecule has 4 unspecified atom stereocenters. The normalized spacial score (nSPS) is 14.9. The molecule has 0 heterocycles. The number of phosphoric ester groups is 2.